The summed E-state index contributed by atoms with van der Waals surface area (Å²) in [5.41, 5.74) is 7.14. The normalized spacial score (nSPS) is 17.0. The van der Waals surface area contributed by atoms with Crippen molar-refractivity contribution < 1.29 is 28.7 Å². The fraction of sp³-hybridized carbons (Fsp3) is 0.371. The molecule has 44 heavy (non-hydrogen) atoms. The lowest BCUT2D eigenvalue weighted by atomic mass is 9.88. The minimum absolute atomic E-state index is 0.0455. The van der Waals surface area contributed by atoms with E-state index in [0.29, 0.717) is 10.8 Å². The quantitative estimate of drug-likeness (QED) is 0.240. The van der Waals surface area contributed by atoms with Crippen LogP contribution in [-0.4, -0.2) is 55.6 Å². The van der Waals surface area contributed by atoms with Crippen molar-refractivity contribution in [2.45, 2.75) is 52.4 Å². The Morgan fingerprint density at radius 2 is 1.68 bits per heavy atom. The average Bonchev–Trinajstić information content (AvgIpc) is 3.36. The van der Waals surface area contributed by atoms with E-state index >= 15 is 0 Å². The molecule has 0 saturated carbocycles. The molecule has 9 nitrogen and oxygen atoms in total. The molecule has 9 heteroatoms. The Morgan fingerprint density at radius 3 is 2.43 bits per heavy atom. The van der Waals surface area contributed by atoms with Crippen LogP contribution in [-0.2, 0) is 32.1 Å². The highest BCUT2D eigenvalue weighted by Crippen LogP contribution is 2.42. The number of imide groups is 1. The first-order valence-corrected chi connectivity index (χ1v) is 15.6. The van der Waals surface area contributed by atoms with E-state index in [9.17, 15) is 14.4 Å². The minimum Gasteiger partial charge on any atom is -0.482 e. The molecule has 2 amide bonds. The van der Waals surface area contributed by atoms with Crippen molar-refractivity contribution in [3.63, 3.8) is 0 Å². The molecule has 0 N–H and O–H groups in total. The van der Waals surface area contributed by atoms with Crippen LogP contribution in [0.4, 0.5) is 5.69 Å². The molecule has 0 radical (unpaired) electrons. The molecule has 4 aliphatic rings. The Balaban J connectivity index is 1.26. The first-order chi connectivity index (χ1) is 21.4. The maximum atomic E-state index is 12.3. The van der Waals surface area contributed by atoms with Gasteiger partial charge in [0.15, 0.2) is 6.61 Å². The van der Waals surface area contributed by atoms with E-state index in [1.165, 1.54) is 22.2 Å². The molecule has 7 rings (SSSR count). The maximum Gasteiger partial charge on any atom is 0.370 e. The fourth-order valence-electron chi connectivity index (χ4n) is 6.82. The van der Waals surface area contributed by atoms with Crippen molar-refractivity contribution in [1.82, 2.24) is 9.64 Å². The minimum atomic E-state index is -0.809. The molecule has 0 spiro atoms. The number of fused-ring (bicyclic) bond motifs is 4. The van der Waals surface area contributed by atoms with Gasteiger partial charge in [-0.25, -0.2) is 9.37 Å². The Morgan fingerprint density at radius 1 is 0.909 bits per heavy atom. The van der Waals surface area contributed by atoms with E-state index in [-0.39, 0.29) is 12.8 Å². The van der Waals surface area contributed by atoms with Crippen molar-refractivity contribution in [3.8, 4) is 17.2 Å². The number of aryl methyl sites for hydroxylation is 2. The van der Waals surface area contributed by atoms with Crippen LogP contribution in [0.1, 0.15) is 61.8 Å². The maximum absolute atomic E-state index is 12.3. The number of hydrogen-bond acceptors (Lipinski definition) is 7. The number of hydroxylamine groups is 2. The van der Waals surface area contributed by atoms with Crippen LogP contribution in [0, 0.1) is 0 Å². The van der Waals surface area contributed by atoms with Gasteiger partial charge in [0.05, 0.1) is 6.07 Å². The van der Waals surface area contributed by atoms with Gasteiger partial charge in [0, 0.05) is 66.0 Å². The van der Waals surface area contributed by atoms with E-state index in [2.05, 4.69) is 47.6 Å². The van der Waals surface area contributed by atoms with Crippen LogP contribution >= 0.6 is 0 Å². The molecule has 226 valence electrons. The largest absolute Gasteiger partial charge is 0.482 e. The lowest BCUT2D eigenvalue weighted by Gasteiger charge is -2.32. The summed E-state index contributed by atoms with van der Waals surface area (Å²) in [5, 5.41) is 2.86. The molecule has 0 unspecified atom stereocenters. The number of ether oxygens (including phenoxy) is 2. The topological polar surface area (TPSA) is 88.4 Å². The standard InChI is InChI=1S/C35H36N3O6/c1-3-36-15-5-7-23-17-26-30(19-28(23)36)43-31-20-29-24(8-6-16-37(29)4-2)18-27(31)35(26)22-9-11-25(12-10-22)42-21-34(41)44-38-32(39)13-14-33(38)40/h9-12,17-20H,3-8,13-16,21H2,1-2H3/q+1. The predicted octanol–water partition coefficient (Wildman–Crippen LogP) is 3.26. The van der Waals surface area contributed by atoms with E-state index in [4.69, 9.17) is 14.3 Å². The molecule has 0 bridgehead atoms. The zero-order valence-electron chi connectivity index (χ0n) is 25.2. The summed E-state index contributed by atoms with van der Waals surface area (Å²) in [4.78, 5) is 43.1. The summed E-state index contributed by atoms with van der Waals surface area (Å²) in [6.07, 6.45) is 4.41. The second-order valence-corrected chi connectivity index (χ2v) is 11.7. The number of benzene rings is 3. The molecule has 4 heterocycles. The van der Waals surface area contributed by atoms with Gasteiger partial charge in [-0.1, -0.05) is 12.1 Å². The highest BCUT2D eigenvalue weighted by molar-refractivity contribution is 6.01. The van der Waals surface area contributed by atoms with Crippen molar-refractivity contribution in [1.29, 1.82) is 0 Å². The number of nitrogens with zero attached hydrogens (tertiary/aromatic N) is 3. The van der Waals surface area contributed by atoms with Crippen molar-refractivity contribution >= 4 is 29.0 Å². The van der Waals surface area contributed by atoms with Gasteiger partial charge >= 0.3 is 5.97 Å². The molecule has 1 saturated heterocycles. The molecular weight excluding hydrogens is 558 g/mol. The smallest absolute Gasteiger partial charge is 0.370 e. The van der Waals surface area contributed by atoms with Gasteiger partial charge in [0.2, 0.25) is 5.36 Å². The molecule has 1 fully saturated rings. The Bertz CT molecular complexity index is 1800. The van der Waals surface area contributed by atoms with Crippen molar-refractivity contribution in [2.24, 2.45) is 0 Å². The van der Waals surface area contributed by atoms with Crippen LogP contribution in [0.25, 0.3) is 5.57 Å². The highest BCUT2D eigenvalue weighted by Gasteiger charge is 2.33. The van der Waals surface area contributed by atoms with Crippen LogP contribution in [0.2, 0.25) is 0 Å². The third-order valence-electron chi connectivity index (χ3n) is 9.01. The molecule has 0 aliphatic carbocycles. The Labute approximate surface area is 255 Å². The number of carbonyl (C=O) groups is 3. The van der Waals surface area contributed by atoms with Gasteiger partial charge in [-0.15, -0.1) is 5.06 Å². The van der Waals surface area contributed by atoms with Crippen LogP contribution in [0.5, 0.6) is 17.2 Å². The monoisotopic (exact) mass is 594 g/mol. The molecule has 0 aromatic heterocycles. The van der Waals surface area contributed by atoms with Crippen molar-refractivity contribution in [3.05, 3.63) is 81.4 Å². The second-order valence-electron chi connectivity index (χ2n) is 11.7. The van der Waals surface area contributed by atoms with E-state index in [1.54, 1.807) is 0 Å². The van der Waals surface area contributed by atoms with E-state index < -0.39 is 24.4 Å². The molecule has 4 aliphatic heterocycles. The summed E-state index contributed by atoms with van der Waals surface area (Å²) >= 11 is 0. The van der Waals surface area contributed by atoms with Gasteiger partial charge in [-0.05, 0) is 68.5 Å². The van der Waals surface area contributed by atoms with Gasteiger partial charge in [0.1, 0.15) is 30.3 Å². The fourth-order valence-corrected chi connectivity index (χ4v) is 6.82. The third-order valence-corrected chi connectivity index (χ3v) is 9.01. The van der Waals surface area contributed by atoms with Gasteiger partial charge in [-0.2, -0.15) is 0 Å². The predicted molar refractivity (Wildman–Crippen MR) is 164 cm³/mol. The second kappa shape index (κ2) is 11.4. The molecule has 3 aromatic rings. The highest BCUT2D eigenvalue weighted by atomic mass is 16.7. The van der Waals surface area contributed by atoms with Crippen LogP contribution in [0.3, 0.4) is 0 Å². The van der Waals surface area contributed by atoms with Gasteiger partial charge in [0.25, 0.3) is 11.8 Å². The van der Waals surface area contributed by atoms with E-state index in [1.807, 2.05) is 24.3 Å². The Hall–Kier alpha value is -4.66. The number of amides is 2. The van der Waals surface area contributed by atoms with Gasteiger partial charge < -0.3 is 19.2 Å². The van der Waals surface area contributed by atoms with Crippen molar-refractivity contribution in [2.75, 3.05) is 37.7 Å². The van der Waals surface area contributed by atoms with E-state index in [0.717, 1.165) is 85.3 Å². The SMILES string of the molecule is CCN1CCCc2cc3c(cc21)Oc1cc2c(cc1=C3c1ccc(OCC(=O)ON3C(=O)CCC3=O)cc1)CCC[N+]=2CC. The zero-order valence-corrected chi connectivity index (χ0v) is 25.2. The first-order valence-electron chi connectivity index (χ1n) is 15.6. The number of hydrogen-bond donors (Lipinski definition) is 0. The summed E-state index contributed by atoms with van der Waals surface area (Å²) in [5.74, 6) is 0.351. The summed E-state index contributed by atoms with van der Waals surface area (Å²) < 4.78 is 14.8. The third kappa shape index (κ3) is 5.00. The van der Waals surface area contributed by atoms with Crippen LogP contribution in [0.15, 0.2) is 48.5 Å². The van der Waals surface area contributed by atoms with Crippen LogP contribution < -0.4 is 29.5 Å². The molecule has 3 aromatic carbocycles. The number of anilines is 1. The zero-order chi connectivity index (χ0) is 30.4. The summed E-state index contributed by atoms with van der Waals surface area (Å²) in [7, 11) is 0. The van der Waals surface area contributed by atoms with Gasteiger partial charge in [-0.3, -0.25) is 9.59 Å². The number of rotatable bonds is 7. The lowest BCUT2D eigenvalue weighted by molar-refractivity contribution is -0.198. The lowest BCUT2D eigenvalue weighted by Crippen LogP contribution is -2.39. The number of carbonyl (C=O) groups excluding carboxylic acids is 3. The molecule has 0 atom stereocenters. The Kier molecular flexibility index (Phi) is 7.32. The summed E-state index contributed by atoms with van der Waals surface area (Å²) in [6, 6.07) is 16.7. The molecular formula is C35H36N3O6+. The first kappa shape index (κ1) is 28.1. The average molecular weight is 595 g/mol. The summed E-state index contributed by atoms with van der Waals surface area (Å²) in [6.45, 7) is 7.98.